The van der Waals surface area contributed by atoms with Crippen molar-refractivity contribution in [3.8, 4) is 11.1 Å². The van der Waals surface area contributed by atoms with Gasteiger partial charge >= 0.3 is 0 Å². The Balaban J connectivity index is 2.72. The van der Waals surface area contributed by atoms with E-state index in [9.17, 15) is 8.78 Å². The molecule has 0 bridgehead atoms. The Morgan fingerprint density at radius 2 is 1.71 bits per heavy atom. The van der Waals surface area contributed by atoms with Gasteiger partial charge in [0.25, 0.3) is 0 Å². The first kappa shape index (κ1) is 12.1. The average Bonchev–Trinajstić information content (AvgIpc) is 2.27. The third kappa shape index (κ3) is 2.21. The summed E-state index contributed by atoms with van der Waals surface area (Å²) in [6.07, 6.45) is 0. The van der Waals surface area contributed by atoms with E-state index in [0.717, 1.165) is 6.07 Å². The van der Waals surface area contributed by atoms with Gasteiger partial charge in [0.15, 0.2) is 11.6 Å². The van der Waals surface area contributed by atoms with Crippen LogP contribution in [0.4, 0.5) is 14.5 Å². The molecule has 0 aliphatic carbocycles. The van der Waals surface area contributed by atoms with Gasteiger partial charge in [0.1, 0.15) is 0 Å². The summed E-state index contributed by atoms with van der Waals surface area (Å²) >= 11 is 11.6. The van der Waals surface area contributed by atoms with Crippen molar-refractivity contribution in [2.75, 3.05) is 5.73 Å². The Kier molecular flexibility index (Phi) is 3.22. The zero-order valence-corrected chi connectivity index (χ0v) is 9.99. The van der Waals surface area contributed by atoms with Crippen LogP contribution in [0, 0.1) is 11.6 Å². The second-order valence-corrected chi connectivity index (χ2v) is 4.29. The molecule has 0 fully saturated rings. The zero-order valence-electron chi connectivity index (χ0n) is 8.48. The fraction of sp³-hybridized carbons (Fsp3) is 0. The van der Waals surface area contributed by atoms with Crippen molar-refractivity contribution in [1.29, 1.82) is 0 Å². The third-order valence-corrected chi connectivity index (χ3v) is 2.88. The van der Waals surface area contributed by atoms with Gasteiger partial charge in [-0.3, -0.25) is 0 Å². The van der Waals surface area contributed by atoms with Crippen LogP contribution in [-0.4, -0.2) is 0 Å². The van der Waals surface area contributed by atoms with Crippen LogP contribution in [0.2, 0.25) is 10.0 Å². The lowest BCUT2D eigenvalue weighted by atomic mass is 10.0. The van der Waals surface area contributed by atoms with Crippen molar-refractivity contribution in [3.05, 3.63) is 52.0 Å². The van der Waals surface area contributed by atoms with Crippen LogP contribution in [0.25, 0.3) is 11.1 Å². The minimum Gasteiger partial charge on any atom is -0.398 e. The normalized spacial score (nSPS) is 10.6. The van der Waals surface area contributed by atoms with Crippen molar-refractivity contribution in [2.24, 2.45) is 0 Å². The minimum absolute atomic E-state index is 0.0548. The van der Waals surface area contributed by atoms with E-state index in [1.54, 1.807) is 0 Å². The zero-order chi connectivity index (χ0) is 12.6. The summed E-state index contributed by atoms with van der Waals surface area (Å²) < 4.78 is 26.8. The number of benzene rings is 2. The van der Waals surface area contributed by atoms with Crippen LogP contribution in [0.1, 0.15) is 0 Å². The molecular formula is C12H7Cl2F2N. The van der Waals surface area contributed by atoms with Gasteiger partial charge in [-0.2, -0.15) is 0 Å². The predicted molar refractivity (Wildman–Crippen MR) is 66.2 cm³/mol. The quantitative estimate of drug-likeness (QED) is 0.600. The topological polar surface area (TPSA) is 26.0 Å². The molecule has 0 atom stereocenters. The fourth-order valence-electron chi connectivity index (χ4n) is 1.54. The van der Waals surface area contributed by atoms with E-state index in [-0.39, 0.29) is 16.3 Å². The maximum atomic E-state index is 13.7. The summed E-state index contributed by atoms with van der Waals surface area (Å²) in [6.45, 7) is 0. The van der Waals surface area contributed by atoms with E-state index < -0.39 is 11.6 Å². The molecule has 5 heteroatoms. The lowest BCUT2D eigenvalue weighted by Gasteiger charge is -2.10. The number of hydrogen-bond donors (Lipinski definition) is 1. The molecule has 2 rings (SSSR count). The first-order valence-electron chi connectivity index (χ1n) is 4.69. The molecule has 0 aliphatic rings. The minimum atomic E-state index is -1.02. The lowest BCUT2D eigenvalue weighted by molar-refractivity contribution is 0.511. The highest BCUT2D eigenvalue weighted by Gasteiger charge is 2.16. The van der Waals surface area contributed by atoms with E-state index in [2.05, 4.69) is 0 Å². The molecule has 0 amide bonds. The lowest BCUT2D eigenvalue weighted by Crippen LogP contribution is -1.95. The van der Waals surface area contributed by atoms with E-state index in [4.69, 9.17) is 28.9 Å². The molecule has 0 spiro atoms. The summed E-state index contributed by atoms with van der Waals surface area (Å²) in [6, 6.07) is 6.74. The molecule has 0 heterocycles. The molecule has 0 aromatic heterocycles. The van der Waals surface area contributed by atoms with Gasteiger partial charge in [0, 0.05) is 21.8 Å². The standard InChI is InChI=1S/C12H7Cl2F2N/c13-6-1-2-7(10(17)5-6)11-8(14)3-4-9(15)12(11)16/h1-5H,17H2. The van der Waals surface area contributed by atoms with Crippen LogP contribution in [0.15, 0.2) is 30.3 Å². The Bertz CT molecular complexity index is 585. The summed E-state index contributed by atoms with van der Waals surface area (Å²) in [5, 5.41) is 0.511. The second-order valence-electron chi connectivity index (χ2n) is 3.45. The van der Waals surface area contributed by atoms with Crippen LogP contribution >= 0.6 is 23.2 Å². The first-order valence-corrected chi connectivity index (χ1v) is 5.45. The van der Waals surface area contributed by atoms with Gasteiger partial charge in [-0.15, -0.1) is 0 Å². The predicted octanol–water partition coefficient (Wildman–Crippen LogP) is 4.52. The van der Waals surface area contributed by atoms with E-state index in [0.29, 0.717) is 10.6 Å². The van der Waals surface area contributed by atoms with Gasteiger partial charge in [-0.1, -0.05) is 29.3 Å². The van der Waals surface area contributed by atoms with E-state index in [1.165, 1.54) is 24.3 Å². The van der Waals surface area contributed by atoms with Gasteiger partial charge in [-0.25, -0.2) is 8.78 Å². The van der Waals surface area contributed by atoms with Crippen LogP contribution < -0.4 is 5.73 Å². The molecule has 0 radical (unpaired) electrons. The number of rotatable bonds is 1. The molecule has 2 N–H and O–H groups in total. The molecule has 2 aromatic carbocycles. The van der Waals surface area contributed by atoms with Crippen LogP contribution in [0.5, 0.6) is 0 Å². The SMILES string of the molecule is Nc1cc(Cl)ccc1-c1c(Cl)ccc(F)c1F. The first-order chi connectivity index (χ1) is 8.00. The molecule has 0 saturated heterocycles. The Morgan fingerprint density at radius 1 is 1.00 bits per heavy atom. The van der Waals surface area contributed by atoms with Crippen molar-refractivity contribution in [2.45, 2.75) is 0 Å². The van der Waals surface area contributed by atoms with E-state index >= 15 is 0 Å². The summed E-state index contributed by atoms with van der Waals surface area (Å²) in [4.78, 5) is 0. The van der Waals surface area contributed by atoms with Gasteiger partial charge in [0.2, 0.25) is 0 Å². The van der Waals surface area contributed by atoms with Crippen molar-refractivity contribution >= 4 is 28.9 Å². The molecule has 0 saturated carbocycles. The van der Waals surface area contributed by atoms with Gasteiger partial charge in [-0.05, 0) is 24.3 Å². The molecule has 17 heavy (non-hydrogen) atoms. The Morgan fingerprint density at radius 3 is 2.35 bits per heavy atom. The number of nitrogen functional groups attached to an aromatic ring is 1. The molecule has 2 aromatic rings. The van der Waals surface area contributed by atoms with Gasteiger partial charge in [0.05, 0.1) is 5.02 Å². The fourth-order valence-corrected chi connectivity index (χ4v) is 1.96. The number of hydrogen-bond acceptors (Lipinski definition) is 1. The molecule has 0 aliphatic heterocycles. The largest absolute Gasteiger partial charge is 0.398 e. The van der Waals surface area contributed by atoms with Crippen molar-refractivity contribution < 1.29 is 8.78 Å². The molecule has 88 valence electrons. The number of halogens is 4. The highest BCUT2D eigenvalue weighted by molar-refractivity contribution is 6.34. The van der Waals surface area contributed by atoms with Crippen molar-refractivity contribution in [3.63, 3.8) is 0 Å². The Labute approximate surface area is 107 Å². The second kappa shape index (κ2) is 4.51. The maximum absolute atomic E-state index is 13.7. The summed E-state index contributed by atoms with van der Waals surface area (Å²) in [5.41, 5.74) is 6.21. The highest BCUT2D eigenvalue weighted by atomic mass is 35.5. The molecule has 1 nitrogen and oxygen atoms in total. The smallest absolute Gasteiger partial charge is 0.168 e. The van der Waals surface area contributed by atoms with Gasteiger partial charge < -0.3 is 5.73 Å². The van der Waals surface area contributed by atoms with E-state index in [1.807, 2.05) is 0 Å². The average molecular weight is 274 g/mol. The molecule has 0 unspecified atom stereocenters. The third-order valence-electron chi connectivity index (χ3n) is 2.33. The Hall–Kier alpha value is -1.32. The number of nitrogens with two attached hydrogens (primary N) is 1. The monoisotopic (exact) mass is 273 g/mol. The summed E-state index contributed by atoms with van der Waals surface area (Å²) in [5.74, 6) is -2.00. The molecular weight excluding hydrogens is 267 g/mol. The highest BCUT2D eigenvalue weighted by Crippen LogP contribution is 2.36. The van der Waals surface area contributed by atoms with Crippen molar-refractivity contribution in [1.82, 2.24) is 0 Å². The van der Waals surface area contributed by atoms with Crippen LogP contribution in [0.3, 0.4) is 0 Å². The maximum Gasteiger partial charge on any atom is 0.168 e. The number of anilines is 1. The summed E-state index contributed by atoms with van der Waals surface area (Å²) in [7, 11) is 0. The van der Waals surface area contributed by atoms with Crippen LogP contribution in [-0.2, 0) is 0 Å².